The lowest BCUT2D eigenvalue weighted by Gasteiger charge is -2.22. The standard InChI is InChI=1S/C21H17Br/c1-21(2)19-6-4-3-5-17(19)18-12-9-15(13-20(18)21)14-7-10-16(22)11-8-14/h3-13H,1-2H3/i3D,4D,5D,6D,9D,12D,13D. The third-order valence-corrected chi connectivity index (χ3v) is 4.66. The molecule has 0 radical (unpaired) electrons. The second-order valence-electron chi connectivity index (χ2n) is 5.88. The fourth-order valence-corrected chi connectivity index (χ4v) is 3.18. The van der Waals surface area contributed by atoms with Crippen LogP contribution in [-0.4, -0.2) is 0 Å². The van der Waals surface area contributed by atoms with E-state index in [1.807, 2.05) is 26.0 Å². The van der Waals surface area contributed by atoms with Crippen molar-refractivity contribution in [3.8, 4) is 22.3 Å². The van der Waals surface area contributed by atoms with Crippen LogP contribution in [0.2, 0.25) is 0 Å². The quantitative estimate of drug-likeness (QED) is 0.472. The summed E-state index contributed by atoms with van der Waals surface area (Å²) >= 11 is 3.38. The Labute approximate surface area is 149 Å². The zero-order valence-electron chi connectivity index (χ0n) is 19.2. The molecular weight excluding hydrogens is 332 g/mol. The summed E-state index contributed by atoms with van der Waals surface area (Å²) in [6.07, 6.45) is 0. The molecule has 0 atom stereocenters. The van der Waals surface area contributed by atoms with Gasteiger partial charge < -0.3 is 0 Å². The lowest BCUT2D eigenvalue weighted by molar-refractivity contribution is 0.660. The molecule has 3 aromatic carbocycles. The van der Waals surface area contributed by atoms with Gasteiger partial charge >= 0.3 is 0 Å². The molecule has 0 heterocycles. The van der Waals surface area contributed by atoms with Gasteiger partial charge in [-0.05, 0) is 51.6 Å². The molecule has 4 rings (SSSR count). The van der Waals surface area contributed by atoms with Gasteiger partial charge in [0, 0.05) is 9.89 Å². The summed E-state index contributed by atoms with van der Waals surface area (Å²) in [6.45, 7) is 3.62. The number of hydrogen-bond donors (Lipinski definition) is 0. The van der Waals surface area contributed by atoms with E-state index in [1.54, 1.807) is 12.1 Å². The van der Waals surface area contributed by atoms with Gasteiger partial charge in [0.05, 0.1) is 9.60 Å². The third kappa shape index (κ3) is 1.96. The van der Waals surface area contributed by atoms with Gasteiger partial charge in [0.15, 0.2) is 0 Å². The number of hydrogen-bond acceptors (Lipinski definition) is 0. The Kier molecular flexibility index (Phi) is 1.78. The second kappa shape index (κ2) is 4.82. The summed E-state index contributed by atoms with van der Waals surface area (Å²) in [4.78, 5) is 0. The van der Waals surface area contributed by atoms with Crippen molar-refractivity contribution in [1.29, 1.82) is 0 Å². The molecule has 22 heavy (non-hydrogen) atoms. The largest absolute Gasteiger partial charge is 0.0633 e. The van der Waals surface area contributed by atoms with Gasteiger partial charge in [-0.2, -0.15) is 0 Å². The molecular formula is C21H17Br. The van der Waals surface area contributed by atoms with Gasteiger partial charge in [-0.1, -0.05) is 78.2 Å². The Morgan fingerprint density at radius 1 is 0.818 bits per heavy atom. The fraction of sp³-hybridized carbons (Fsp3) is 0.143. The molecule has 108 valence electrons. The van der Waals surface area contributed by atoms with E-state index in [0.29, 0.717) is 22.3 Å². The van der Waals surface area contributed by atoms with Crippen LogP contribution in [0.4, 0.5) is 0 Å². The van der Waals surface area contributed by atoms with E-state index in [-0.39, 0.29) is 53.4 Å². The van der Waals surface area contributed by atoms with Gasteiger partial charge in [0.2, 0.25) is 0 Å². The molecule has 0 bridgehead atoms. The molecule has 3 aromatic rings. The van der Waals surface area contributed by atoms with Crippen molar-refractivity contribution in [3.63, 3.8) is 0 Å². The summed E-state index contributed by atoms with van der Waals surface area (Å²) in [5.74, 6) is 0. The minimum Gasteiger partial charge on any atom is -0.0619 e. The lowest BCUT2D eigenvalue weighted by Crippen LogP contribution is -2.14. The molecule has 0 saturated carbocycles. The van der Waals surface area contributed by atoms with Crippen molar-refractivity contribution >= 4 is 15.9 Å². The molecule has 1 aliphatic rings. The van der Waals surface area contributed by atoms with Crippen LogP contribution in [0.5, 0.6) is 0 Å². The highest BCUT2D eigenvalue weighted by molar-refractivity contribution is 9.10. The zero-order chi connectivity index (χ0) is 21.4. The van der Waals surface area contributed by atoms with E-state index < -0.39 is 5.41 Å². The van der Waals surface area contributed by atoms with E-state index in [9.17, 15) is 0 Å². The molecule has 1 heteroatoms. The average Bonchev–Trinajstić information content (AvgIpc) is 2.92. The smallest absolute Gasteiger partial charge is 0.0619 e. The van der Waals surface area contributed by atoms with Gasteiger partial charge in [-0.15, -0.1) is 0 Å². The molecule has 1 aliphatic carbocycles. The van der Waals surface area contributed by atoms with Crippen molar-refractivity contribution in [2.24, 2.45) is 0 Å². The first-order chi connectivity index (χ1) is 13.5. The van der Waals surface area contributed by atoms with Gasteiger partial charge in [-0.3, -0.25) is 0 Å². The van der Waals surface area contributed by atoms with Gasteiger partial charge in [-0.25, -0.2) is 0 Å². The number of rotatable bonds is 1. The summed E-state index contributed by atoms with van der Waals surface area (Å²) < 4.78 is 59.9. The molecule has 0 unspecified atom stereocenters. The fourth-order valence-electron chi connectivity index (χ4n) is 2.92. The highest BCUT2D eigenvalue weighted by atomic mass is 79.9. The van der Waals surface area contributed by atoms with E-state index in [2.05, 4.69) is 15.9 Å². The summed E-state index contributed by atoms with van der Waals surface area (Å²) in [5.41, 5.74) is 1.44. The van der Waals surface area contributed by atoms with Crippen molar-refractivity contribution < 1.29 is 9.60 Å². The van der Waals surface area contributed by atoms with Crippen LogP contribution in [0.3, 0.4) is 0 Å². The number of fused-ring (bicyclic) bond motifs is 3. The predicted octanol–water partition coefficient (Wildman–Crippen LogP) is 6.42. The maximum absolute atomic E-state index is 8.90. The van der Waals surface area contributed by atoms with Crippen LogP contribution >= 0.6 is 15.9 Å². The van der Waals surface area contributed by atoms with Gasteiger partial charge in [0.25, 0.3) is 0 Å². The first kappa shape index (κ1) is 8.12. The summed E-state index contributed by atoms with van der Waals surface area (Å²) in [5, 5.41) is 0. The van der Waals surface area contributed by atoms with Crippen molar-refractivity contribution in [2.45, 2.75) is 19.3 Å². The maximum Gasteiger partial charge on any atom is 0.0633 e. The predicted molar refractivity (Wildman–Crippen MR) is 97.1 cm³/mol. The third-order valence-electron chi connectivity index (χ3n) is 4.13. The minimum absolute atomic E-state index is 0.0846. The number of benzene rings is 3. The lowest BCUT2D eigenvalue weighted by atomic mass is 9.81. The molecule has 0 nitrogen and oxygen atoms in total. The van der Waals surface area contributed by atoms with Crippen LogP contribution < -0.4 is 0 Å². The van der Waals surface area contributed by atoms with E-state index in [1.165, 1.54) is 0 Å². The summed E-state index contributed by atoms with van der Waals surface area (Å²) in [7, 11) is 0. The molecule has 0 saturated heterocycles. The molecule has 0 aliphatic heterocycles. The maximum atomic E-state index is 8.90. The number of halogens is 1. The van der Waals surface area contributed by atoms with E-state index in [4.69, 9.17) is 9.60 Å². The van der Waals surface area contributed by atoms with Crippen LogP contribution in [0.15, 0.2) is 71.0 Å². The Hall–Kier alpha value is -1.86. The Morgan fingerprint density at radius 2 is 1.50 bits per heavy atom. The molecule has 0 N–H and O–H groups in total. The van der Waals surface area contributed by atoms with E-state index in [0.717, 1.165) is 4.47 Å². The topological polar surface area (TPSA) is 0 Å². The normalized spacial score (nSPS) is 19.0. The first-order valence-corrected chi connectivity index (χ1v) is 7.80. The molecule has 0 amide bonds. The second-order valence-corrected chi connectivity index (χ2v) is 6.80. The highest BCUT2D eigenvalue weighted by Crippen LogP contribution is 2.49. The van der Waals surface area contributed by atoms with E-state index >= 15 is 0 Å². The van der Waals surface area contributed by atoms with Gasteiger partial charge in [0.1, 0.15) is 0 Å². The Balaban J connectivity index is 2.17. The Bertz CT molecular complexity index is 1200. The van der Waals surface area contributed by atoms with Crippen molar-refractivity contribution in [1.82, 2.24) is 0 Å². The molecule has 0 fully saturated rings. The molecule has 0 spiro atoms. The van der Waals surface area contributed by atoms with Crippen LogP contribution in [0, 0.1) is 0 Å². The SMILES string of the molecule is [2H]c1c([2H])c([2H])c2c(c1[2H])-c1c([2H])c([2H])c(-c3ccc(Br)cc3)c([2H])c1C2(C)C. The van der Waals surface area contributed by atoms with Crippen molar-refractivity contribution in [3.05, 3.63) is 82.2 Å². The van der Waals surface area contributed by atoms with Crippen LogP contribution in [0.1, 0.15) is 34.6 Å². The van der Waals surface area contributed by atoms with Crippen LogP contribution in [0.25, 0.3) is 22.3 Å². The van der Waals surface area contributed by atoms with Crippen LogP contribution in [-0.2, 0) is 5.41 Å². The molecule has 0 aromatic heterocycles. The monoisotopic (exact) mass is 355 g/mol. The zero-order valence-corrected chi connectivity index (χ0v) is 13.8. The van der Waals surface area contributed by atoms with Crippen molar-refractivity contribution in [2.75, 3.05) is 0 Å². The summed E-state index contributed by atoms with van der Waals surface area (Å²) in [6, 6.07) is 5.96. The average molecular weight is 356 g/mol. The minimum atomic E-state index is -0.897. The highest BCUT2D eigenvalue weighted by Gasteiger charge is 2.35. The Morgan fingerprint density at radius 3 is 2.27 bits per heavy atom. The first-order valence-electron chi connectivity index (χ1n) is 10.5.